The summed E-state index contributed by atoms with van der Waals surface area (Å²) in [6, 6.07) is 6.24. The number of aromatic nitrogens is 4. The summed E-state index contributed by atoms with van der Waals surface area (Å²) in [7, 11) is 4.12. The lowest BCUT2D eigenvalue weighted by atomic mass is 9.99. The van der Waals surface area contributed by atoms with Gasteiger partial charge in [0.2, 0.25) is 0 Å². The van der Waals surface area contributed by atoms with Crippen molar-refractivity contribution < 1.29 is 0 Å². The van der Waals surface area contributed by atoms with E-state index < -0.39 is 0 Å². The summed E-state index contributed by atoms with van der Waals surface area (Å²) < 4.78 is 2.75. The summed E-state index contributed by atoms with van der Waals surface area (Å²) in [5.74, 6) is 2.28. The van der Waals surface area contributed by atoms with Crippen LogP contribution in [0.4, 0.5) is 11.6 Å². The molecule has 2 N–H and O–H groups in total. The summed E-state index contributed by atoms with van der Waals surface area (Å²) in [6.45, 7) is 6.93. The van der Waals surface area contributed by atoms with Gasteiger partial charge in [-0.05, 0) is 54.5 Å². The lowest BCUT2D eigenvalue weighted by Gasteiger charge is -2.15. The first-order valence-corrected chi connectivity index (χ1v) is 10.9. The Bertz CT molecular complexity index is 917. The molecule has 0 unspecified atom stereocenters. The normalized spacial score (nSPS) is 11.6. The molecular weight excluding hydrogens is 430 g/mol. The van der Waals surface area contributed by atoms with Crippen molar-refractivity contribution in [1.29, 1.82) is 0 Å². The van der Waals surface area contributed by atoms with Gasteiger partial charge in [0.05, 0.1) is 10.7 Å². The zero-order valence-corrected chi connectivity index (χ0v) is 19.2. The van der Waals surface area contributed by atoms with Crippen LogP contribution in [0.2, 0.25) is 0 Å². The summed E-state index contributed by atoms with van der Waals surface area (Å²) in [5.41, 5.74) is 3.06. The number of fused-ring (bicyclic) bond motifs is 1. The minimum Gasteiger partial charge on any atom is -0.369 e. The van der Waals surface area contributed by atoms with E-state index in [1.165, 1.54) is 0 Å². The van der Waals surface area contributed by atoms with Crippen molar-refractivity contribution in [3.05, 3.63) is 46.3 Å². The second-order valence-corrected chi connectivity index (χ2v) is 8.30. The number of anilines is 2. The number of hydrogen-bond acceptors (Lipinski definition) is 6. The fourth-order valence-corrected chi connectivity index (χ4v) is 3.58. The Labute approximate surface area is 181 Å². The molecule has 3 rings (SSSR count). The predicted molar refractivity (Wildman–Crippen MR) is 123 cm³/mol. The molecule has 156 valence electrons. The Morgan fingerprint density at radius 2 is 1.93 bits per heavy atom. The van der Waals surface area contributed by atoms with Gasteiger partial charge >= 0.3 is 0 Å². The molecule has 0 spiro atoms. The lowest BCUT2D eigenvalue weighted by molar-refractivity contribution is 0.425. The second-order valence-electron chi connectivity index (χ2n) is 7.44. The molecule has 29 heavy (non-hydrogen) atoms. The highest BCUT2D eigenvalue weighted by Crippen LogP contribution is 2.27. The third kappa shape index (κ3) is 5.45. The van der Waals surface area contributed by atoms with Crippen LogP contribution in [0.3, 0.4) is 0 Å². The monoisotopic (exact) mass is 459 g/mol. The zero-order valence-electron chi connectivity index (χ0n) is 17.6. The van der Waals surface area contributed by atoms with E-state index in [4.69, 9.17) is 4.98 Å². The molecule has 7 nitrogen and oxygen atoms in total. The molecule has 0 amide bonds. The van der Waals surface area contributed by atoms with Gasteiger partial charge in [-0.3, -0.25) is 0 Å². The Hall–Kier alpha value is -2.19. The van der Waals surface area contributed by atoms with Crippen molar-refractivity contribution in [3.63, 3.8) is 0 Å². The average Bonchev–Trinajstić information content (AvgIpc) is 3.09. The van der Waals surface area contributed by atoms with Crippen molar-refractivity contribution in [3.8, 4) is 0 Å². The van der Waals surface area contributed by atoms with Gasteiger partial charge in [-0.2, -0.15) is 9.61 Å². The predicted octanol–water partition coefficient (Wildman–Crippen LogP) is 4.38. The fraction of sp³-hybridized carbons (Fsp3) is 0.476. The second kappa shape index (κ2) is 10.0. The van der Waals surface area contributed by atoms with Crippen LogP contribution in [0.15, 0.2) is 35.1 Å². The van der Waals surface area contributed by atoms with E-state index in [2.05, 4.69) is 81.6 Å². The number of nitrogens with zero attached hydrogens (tertiary/aromatic N) is 5. The first kappa shape index (κ1) is 21.5. The van der Waals surface area contributed by atoms with Crippen LogP contribution in [-0.4, -0.2) is 51.7 Å². The van der Waals surface area contributed by atoms with Crippen LogP contribution in [0.1, 0.15) is 43.9 Å². The standard InChI is InChI=1S/C21H30BrN7/c1-5-16(6-2)18-11-20(29-21(27-18)17(22)14-26-29)25-13-15-7-8-19(24-12-15)23-9-10-28(3)4/h7-8,11-12,14,16,25H,5-6,9-10,13H2,1-4H3,(H,23,24). The van der Waals surface area contributed by atoms with Crippen LogP contribution in [0.25, 0.3) is 5.65 Å². The minimum absolute atomic E-state index is 0.441. The molecule has 0 bridgehead atoms. The van der Waals surface area contributed by atoms with Gasteiger partial charge in [0.25, 0.3) is 0 Å². The van der Waals surface area contributed by atoms with Crippen LogP contribution in [0, 0.1) is 0 Å². The lowest BCUT2D eigenvalue weighted by Crippen LogP contribution is -2.21. The molecular formula is C21H30BrN7. The van der Waals surface area contributed by atoms with Gasteiger partial charge in [0.1, 0.15) is 11.6 Å². The SMILES string of the molecule is CCC(CC)c1cc(NCc2ccc(NCCN(C)C)nc2)n2ncc(Br)c2n1. The van der Waals surface area contributed by atoms with Crippen LogP contribution >= 0.6 is 15.9 Å². The van der Waals surface area contributed by atoms with Gasteiger partial charge in [0, 0.05) is 43.5 Å². The van der Waals surface area contributed by atoms with Crippen LogP contribution in [0.5, 0.6) is 0 Å². The smallest absolute Gasteiger partial charge is 0.171 e. The molecule has 0 aliphatic rings. The van der Waals surface area contributed by atoms with Crippen LogP contribution < -0.4 is 10.6 Å². The number of pyridine rings is 1. The highest BCUT2D eigenvalue weighted by atomic mass is 79.9. The van der Waals surface area contributed by atoms with Gasteiger partial charge in [-0.25, -0.2) is 9.97 Å². The van der Waals surface area contributed by atoms with Gasteiger partial charge in [-0.15, -0.1) is 0 Å². The molecule has 3 aromatic rings. The van der Waals surface area contributed by atoms with E-state index in [1.54, 1.807) is 6.20 Å². The summed E-state index contributed by atoms with van der Waals surface area (Å²) in [4.78, 5) is 11.5. The molecule has 0 aliphatic carbocycles. The largest absolute Gasteiger partial charge is 0.369 e. The van der Waals surface area contributed by atoms with Gasteiger partial charge in [0.15, 0.2) is 5.65 Å². The summed E-state index contributed by atoms with van der Waals surface area (Å²) in [6.07, 6.45) is 5.83. The Balaban J connectivity index is 1.73. The highest BCUT2D eigenvalue weighted by molar-refractivity contribution is 9.10. The Morgan fingerprint density at radius 1 is 1.14 bits per heavy atom. The molecule has 0 aliphatic heterocycles. The van der Waals surface area contributed by atoms with Crippen molar-refractivity contribution in [2.24, 2.45) is 0 Å². The van der Waals surface area contributed by atoms with Crippen molar-refractivity contribution >= 4 is 33.2 Å². The maximum atomic E-state index is 4.83. The number of likely N-dealkylation sites (N-methyl/N-ethyl adjacent to an activating group) is 1. The Kier molecular flexibility index (Phi) is 7.44. The molecule has 0 atom stereocenters. The third-order valence-corrected chi connectivity index (χ3v) is 5.58. The van der Waals surface area contributed by atoms with Gasteiger partial charge in [-0.1, -0.05) is 19.9 Å². The molecule has 3 heterocycles. The average molecular weight is 460 g/mol. The van der Waals surface area contributed by atoms with E-state index in [1.807, 2.05) is 16.8 Å². The summed E-state index contributed by atoms with van der Waals surface area (Å²) >= 11 is 3.57. The van der Waals surface area contributed by atoms with E-state index >= 15 is 0 Å². The maximum Gasteiger partial charge on any atom is 0.171 e. The van der Waals surface area contributed by atoms with Crippen LogP contribution in [-0.2, 0) is 6.54 Å². The quantitative estimate of drug-likeness (QED) is 0.468. The molecule has 0 fully saturated rings. The zero-order chi connectivity index (χ0) is 20.8. The summed E-state index contributed by atoms with van der Waals surface area (Å²) in [5, 5.41) is 11.3. The minimum atomic E-state index is 0.441. The number of nitrogens with one attached hydrogen (secondary N) is 2. The maximum absolute atomic E-state index is 4.83. The number of halogens is 1. The molecule has 0 saturated heterocycles. The molecule has 0 saturated carbocycles. The van der Waals surface area contributed by atoms with E-state index in [-0.39, 0.29) is 0 Å². The third-order valence-electron chi connectivity index (χ3n) is 5.02. The topological polar surface area (TPSA) is 70.4 Å². The number of rotatable bonds is 10. The fourth-order valence-electron chi connectivity index (χ4n) is 3.23. The van der Waals surface area contributed by atoms with E-state index in [0.29, 0.717) is 12.5 Å². The van der Waals surface area contributed by atoms with E-state index in [0.717, 1.165) is 58.9 Å². The van der Waals surface area contributed by atoms with Crippen molar-refractivity contribution in [2.45, 2.75) is 39.2 Å². The number of hydrogen-bond donors (Lipinski definition) is 2. The first-order valence-electron chi connectivity index (χ1n) is 10.1. The van der Waals surface area contributed by atoms with Crippen molar-refractivity contribution in [1.82, 2.24) is 24.5 Å². The van der Waals surface area contributed by atoms with Crippen molar-refractivity contribution in [2.75, 3.05) is 37.8 Å². The molecule has 3 aromatic heterocycles. The van der Waals surface area contributed by atoms with E-state index in [9.17, 15) is 0 Å². The molecule has 0 aromatic carbocycles. The Morgan fingerprint density at radius 3 is 2.59 bits per heavy atom. The first-order chi connectivity index (χ1) is 14.0. The molecule has 0 radical (unpaired) electrons. The van der Waals surface area contributed by atoms with Gasteiger partial charge < -0.3 is 15.5 Å². The molecule has 8 heteroatoms. The highest BCUT2D eigenvalue weighted by Gasteiger charge is 2.15.